The molecular weight excluding hydrogens is 436 g/mol. The average Bonchev–Trinajstić information content (AvgIpc) is 2.92. The van der Waals surface area contributed by atoms with Crippen LogP contribution < -0.4 is 10.1 Å². The fourth-order valence-corrected chi connectivity index (χ4v) is 4.86. The Morgan fingerprint density at radius 1 is 1.03 bits per heavy atom. The van der Waals surface area contributed by atoms with Gasteiger partial charge in [-0.05, 0) is 78.8 Å². The second-order valence-electron chi connectivity index (χ2n) is 9.05. The third kappa shape index (κ3) is 5.27. The number of amides is 1. The van der Waals surface area contributed by atoms with Gasteiger partial charge in [-0.1, -0.05) is 18.2 Å². The molecule has 1 fully saturated rings. The lowest BCUT2D eigenvalue weighted by Gasteiger charge is -2.32. The molecule has 0 unspecified atom stereocenters. The predicted molar refractivity (Wildman–Crippen MR) is 139 cm³/mol. The highest BCUT2D eigenvalue weighted by molar-refractivity contribution is 5.95. The van der Waals surface area contributed by atoms with Gasteiger partial charge in [-0.15, -0.1) is 0 Å². The summed E-state index contributed by atoms with van der Waals surface area (Å²) in [6, 6.07) is 20.1. The number of nitrogens with zero attached hydrogens (tertiary/aromatic N) is 3. The zero-order chi connectivity index (χ0) is 24.0. The monoisotopic (exact) mass is 466 g/mol. The van der Waals surface area contributed by atoms with E-state index in [1.807, 2.05) is 47.5 Å². The van der Waals surface area contributed by atoms with Crippen LogP contribution in [-0.2, 0) is 13.0 Å². The first-order chi connectivity index (χ1) is 17.2. The Bertz CT molecular complexity index is 1300. The van der Waals surface area contributed by atoms with Gasteiger partial charge in [-0.2, -0.15) is 0 Å². The molecule has 1 saturated heterocycles. The largest absolute Gasteiger partial charge is 0.495 e. The van der Waals surface area contributed by atoms with Crippen LogP contribution in [-0.4, -0.2) is 41.0 Å². The van der Waals surface area contributed by atoms with Crippen LogP contribution in [0.2, 0.25) is 0 Å². The van der Waals surface area contributed by atoms with Crippen molar-refractivity contribution in [3.63, 3.8) is 0 Å². The lowest BCUT2D eigenvalue weighted by atomic mass is 9.88. The van der Waals surface area contributed by atoms with E-state index in [4.69, 9.17) is 4.74 Å². The molecule has 0 bridgehead atoms. The number of fused-ring (bicyclic) bond motifs is 1. The van der Waals surface area contributed by atoms with E-state index in [0.717, 1.165) is 54.9 Å². The van der Waals surface area contributed by atoms with E-state index >= 15 is 0 Å². The molecule has 3 heterocycles. The molecule has 4 aromatic rings. The number of carbonyl (C=O) groups excluding carboxylic acids is 1. The van der Waals surface area contributed by atoms with Gasteiger partial charge < -0.3 is 15.0 Å². The Balaban J connectivity index is 1.22. The summed E-state index contributed by atoms with van der Waals surface area (Å²) >= 11 is 0. The third-order valence-corrected chi connectivity index (χ3v) is 6.83. The number of rotatable bonds is 7. The summed E-state index contributed by atoms with van der Waals surface area (Å²) in [6.07, 6.45) is 8.42. The van der Waals surface area contributed by atoms with Crippen LogP contribution >= 0.6 is 0 Å². The Labute approximate surface area is 206 Å². The van der Waals surface area contributed by atoms with Gasteiger partial charge >= 0.3 is 0 Å². The number of hydrogen-bond donors (Lipinski definition) is 1. The molecule has 0 aliphatic carbocycles. The van der Waals surface area contributed by atoms with E-state index in [-0.39, 0.29) is 5.91 Å². The number of likely N-dealkylation sites (tertiary alicyclic amines) is 1. The second kappa shape index (κ2) is 10.6. The zero-order valence-electron chi connectivity index (χ0n) is 20.0. The summed E-state index contributed by atoms with van der Waals surface area (Å²) in [5.41, 5.74) is 5.00. The van der Waals surface area contributed by atoms with Crippen LogP contribution in [0.4, 0.5) is 5.69 Å². The zero-order valence-corrected chi connectivity index (χ0v) is 20.0. The summed E-state index contributed by atoms with van der Waals surface area (Å²) in [5.74, 6) is 1.37. The predicted octanol–water partition coefficient (Wildman–Crippen LogP) is 5.35. The fraction of sp³-hybridized carbons (Fsp3) is 0.276. The summed E-state index contributed by atoms with van der Waals surface area (Å²) in [6.45, 7) is 2.18. The van der Waals surface area contributed by atoms with E-state index in [1.165, 1.54) is 10.9 Å². The molecule has 178 valence electrons. The van der Waals surface area contributed by atoms with Crippen molar-refractivity contribution in [2.45, 2.75) is 25.8 Å². The molecule has 1 N–H and O–H groups in total. The molecule has 2 aromatic heterocycles. The fourth-order valence-electron chi connectivity index (χ4n) is 4.86. The van der Waals surface area contributed by atoms with E-state index in [9.17, 15) is 4.79 Å². The lowest BCUT2D eigenvalue weighted by Crippen LogP contribution is -2.39. The number of nitrogens with one attached hydrogen (secondary N) is 1. The summed E-state index contributed by atoms with van der Waals surface area (Å²) < 4.78 is 5.51. The van der Waals surface area contributed by atoms with Crippen molar-refractivity contribution in [3.8, 4) is 5.75 Å². The van der Waals surface area contributed by atoms with Crippen LogP contribution in [0.5, 0.6) is 5.75 Å². The molecule has 6 heteroatoms. The Morgan fingerprint density at radius 3 is 2.66 bits per heavy atom. The van der Waals surface area contributed by atoms with Crippen LogP contribution in [0.3, 0.4) is 0 Å². The van der Waals surface area contributed by atoms with Gasteiger partial charge in [0.25, 0.3) is 5.91 Å². The van der Waals surface area contributed by atoms with Gasteiger partial charge in [0.15, 0.2) is 0 Å². The maximum absolute atomic E-state index is 13.3. The maximum Gasteiger partial charge on any atom is 0.253 e. The van der Waals surface area contributed by atoms with Crippen molar-refractivity contribution in [2.75, 3.05) is 25.5 Å². The van der Waals surface area contributed by atoms with Gasteiger partial charge in [0.1, 0.15) is 5.75 Å². The molecule has 0 atom stereocenters. The summed E-state index contributed by atoms with van der Waals surface area (Å²) in [7, 11) is 1.64. The maximum atomic E-state index is 13.3. The van der Waals surface area contributed by atoms with Gasteiger partial charge in [-0.25, -0.2) is 0 Å². The van der Waals surface area contributed by atoms with Gasteiger partial charge in [-0.3, -0.25) is 14.8 Å². The minimum atomic E-state index is 0.0763. The van der Waals surface area contributed by atoms with E-state index < -0.39 is 0 Å². The number of ether oxygens (including phenoxy) is 1. The van der Waals surface area contributed by atoms with Crippen LogP contribution in [0.15, 0.2) is 79.3 Å². The van der Waals surface area contributed by atoms with Crippen molar-refractivity contribution in [1.82, 2.24) is 14.9 Å². The Morgan fingerprint density at radius 2 is 1.86 bits per heavy atom. The first-order valence-electron chi connectivity index (χ1n) is 12.1. The SMILES string of the molecule is COc1ccc(C(=O)N2CCC(Cc3cccc4ncccc34)CC2)cc1NCc1ccncc1. The van der Waals surface area contributed by atoms with Crippen molar-refractivity contribution in [3.05, 3.63) is 95.9 Å². The highest BCUT2D eigenvalue weighted by atomic mass is 16.5. The quantitative estimate of drug-likeness (QED) is 0.398. The summed E-state index contributed by atoms with van der Waals surface area (Å²) in [4.78, 5) is 23.8. The first kappa shape index (κ1) is 22.8. The Kier molecular flexibility index (Phi) is 6.89. The van der Waals surface area contributed by atoms with E-state index in [2.05, 4.69) is 39.6 Å². The van der Waals surface area contributed by atoms with Gasteiger partial charge in [0.2, 0.25) is 0 Å². The molecule has 5 rings (SSSR count). The number of anilines is 1. The minimum Gasteiger partial charge on any atom is -0.495 e. The second-order valence-corrected chi connectivity index (χ2v) is 9.05. The highest BCUT2D eigenvalue weighted by Crippen LogP contribution is 2.29. The van der Waals surface area contributed by atoms with Crippen LogP contribution in [0, 0.1) is 5.92 Å². The lowest BCUT2D eigenvalue weighted by molar-refractivity contribution is 0.0690. The molecule has 35 heavy (non-hydrogen) atoms. The molecule has 1 amide bonds. The number of methoxy groups -OCH3 is 1. The third-order valence-electron chi connectivity index (χ3n) is 6.83. The number of carbonyl (C=O) groups is 1. The van der Waals surface area contributed by atoms with Crippen LogP contribution in [0.25, 0.3) is 10.9 Å². The average molecular weight is 467 g/mol. The Hall–Kier alpha value is -3.93. The molecular formula is C29H30N4O2. The normalized spacial score (nSPS) is 14.1. The molecule has 2 aromatic carbocycles. The molecule has 0 radical (unpaired) electrons. The van der Waals surface area contributed by atoms with Gasteiger partial charge in [0, 0.05) is 49.2 Å². The highest BCUT2D eigenvalue weighted by Gasteiger charge is 2.25. The number of benzene rings is 2. The number of pyridine rings is 2. The van der Waals surface area contributed by atoms with Crippen molar-refractivity contribution in [1.29, 1.82) is 0 Å². The standard InChI is InChI=1S/C29H30N4O2/c1-35-28-8-7-24(19-27(28)32-20-22-9-14-30-15-10-22)29(34)33-16-11-21(12-17-33)18-23-4-2-6-26-25(23)5-3-13-31-26/h2-10,13-15,19,21,32H,11-12,16-18,20H2,1H3. The van der Waals surface area contributed by atoms with Crippen molar-refractivity contribution >= 4 is 22.5 Å². The van der Waals surface area contributed by atoms with Crippen molar-refractivity contribution in [2.24, 2.45) is 5.92 Å². The topological polar surface area (TPSA) is 67.3 Å². The molecule has 1 aliphatic heterocycles. The molecule has 1 aliphatic rings. The summed E-state index contributed by atoms with van der Waals surface area (Å²) in [5, 5.41) is 4.63. The van der Waals surface area contributed by atoms with E-state index in [0.29, 0.717) is 18.0 Å². The first-order valence-corrected chi connectivity index (χ1v) is 12.1. The number of aromatic nitrogens is 2. The molecule has 6 nitrogen and oxygen atoms in total. The number of hydrogen-bond acceptors (Lipinski definition) is 5. The molecule has 0 spiro atoms. The van der Waals surface area contributed by atoms with Crippen molar-refractivity contribution < 1.29 is 9.53 Å². The molecule has 0 saturated carbocycles. The smallest absolute Gasteiger partial charge is 0.253 e. The number of piperidine rings is 1. The minimum absolute atomic E-state index is 0.0763. The van der Waals surface area contributed by atoms with Crippen LogP contribution in [0.1, 0.15) is 34.3 Å². The van der Waals surface area contributed by atoms with E-state index in [1.54, 1.807) is 19.5 Å². The van der Waals surface area contributed by atoms with Gasteiger partial charge in [0.05, 0.1) is 18.3 Å².